The van der Waals surface area contributed by atoms with Gasteiger partial charge in [-0.25, -0.2) is 4.79 Å². The van der Waals surface area contributed by atoms with Gasteiger partial charge in [0.15, 0.2) is 0 Å². The molecule has 1 amide bonds. The number of nitrogens with zero attached hydrogens (tertiary/aromatic N) is 1. The van der Waals surface area contributed by atoms with Crippen LogP contribution >= 0.6 is 0 Å². The Morgan fingerprint density at radius 2 is 1.86 bits per heavy atom. The van der Waals surface area contributed by atoms with E-state index in [1.165, 1.54) is 0 Å². The number of Topliss-reactive ketones (excluding diaryl/α,β-unsaturated/α-hetero) is 1. The molecule has 1 rings (SSSR count). The smallest absolute Gasteiger partial charge is 0.409 e. The minimum Gasteiger partial charge on any atom is -0.450 e. The Labute approximate surface area is 85.2 Å². The Morgan fingerprint density at radius 3 is 2.29 bits per heavy atom. The Morgan fingerprint density at radius 1 is 1.36 bits per heavy atom. The van der Waals surface area contributed by atoms with E-state index in [1.807, 2.05) is 13.8 Å². The van der Waals surface area contributed by atoms with Gasteiger partial charge in [-0.1, -0.05) is 13.8 Å². The van der Waals surface area contributed by atoms with Crippen LogP contribution in [0.3, 0.4) is 0 Å². The van der Waals surface area contributed by atoms with Crippen LogP contribution in [0, 0.1) is 0 Å². The maximum absolute atomic E-state index is 11.1. The van der Waals surface area contributed by atoms with E-state index in [0.717, 1.165) is 0 Å². The average molecular weight is 201 g/mol. The average Bonchev–Trinajstić information content (AvgIpc) is 2.22. The lowest BCUT2D eigenvalue weighted by molar-refractivity contribution is -0.121. The van der Waals surface area contributed by atoms with Crippen molar-refractivity contribution in [2.45, 2.75) is 33.6 Å². The number of amides is 1. The maximum atomic E-state index is 11.1. The second-order valence-corrected chi connectivity index (χ2v) is 2.72. The lowest BCUT2D eigenvalue weighted by Crippen LogP contribution is -2.38. The van der Waals surface area contributed by atoms with Crippen molar-refractivity contribution in [3.63, 3.8) is 0 Å². The van der Waals surface area contributed by atoms with Gasteiger partial charge in [0.25, 0.3) is 0 Å². The Balaban J connectivity index is 0.000000791. The Hall–Kier alpha value is -1.06. The molecule has 0 unspecified atom stereocenters. The number of piperidine rings is 1. The van der Waals surface area contributed by atoms with Gasteiger partial charge in [-0.2, -0.15) is 0 Å². The largest absolute Gasteiger partial charge is 0.450 e. The number of hydrogen-bond acceptors (Lipinski definition) is 3. The summed E-state index contributed by atoms with van der Waals surface area (Å²) in [5, 5.41) is 0. The van der Waals surface area contributed by atoms with Crippen LogP contribution in [-0.2, 0) is 9.53 Å². The first-order chi connectivity index (χ1) is 6.74. The third-order valence-electron chi connectivity index (χ3n) is 1.85. The molecule has 82 valence electrons. The number of rotatable bonds is 1. The number of carbonyl (C=O) groups is 2. The molecule has 1 aliphatic heterocycles. The van der Waals surface area contributed by atoms with Crippen LogP contribution in [0.2, 0.25) is 0 Å². The Kier molecular flexibility index (Phi) is 6.80. The summed E-state index contributed by atoms with van der Waals surface area (Å²) >= 11 is 0. The second kappa shape index (κ2) is 7.35. The summed E-state index contributed by atoms with van der Waals surface area (Å²) in [6, 6.07) is 0. The van der Waals surface area contributed by atoms with Crippen LogP contribution in [0.5, 0.6) is 0 Å². The second-order valence-electron chi connectivity index (χ2n) is 2.72. The van der Waals surface area contributed by atoms with Crippen LogP contribution in [0.4, 0.5) is 4.79 Å². The van der Waals surface area contributed by atoms with Crippen molar-refractivity contribution in [3.05, 3.63) is 0 Å². The molecule has 1 aliphatic rings. The van der Waals surface area contributed by atoms with Crippen molar-refractivity contribution in [1.82, 2.24) is 4.90 Å². The summed E-state index contributed by atoms with van der Waals surface area (Å²) in [5.41, 5.74) is 0. The summed E-state index contributed by atoms with van der Waals surface area (Å²) in [5.74, 6) is 0.232. The van der Waals surface area contributed by atoms with E-state index in [2.05, 4.69) is 0 Å². The van der Waals surface area contributed by atoms with Crippen molar-refractivity contribution in [3.8, 4) is 0 Å². The van der Waals surface area contributed by atoms with E-state index in [-0.39, 0.29) is 11.9 Å². The van der Waals surface area contributed by atoms with Gasteiger partial charge >= 0.3 is 6.09 Å². The van der Waals surface area contributed by atoms with Gasteiger partial charge in [0.05, 0.1) is 6.61 Å². The van der Waals surface area contributed by atoms with E-state index in [4.69, 9.17) is 4.74 Å². The van der Waals surface area contributed by atoms with Gasteiger partial charge in [0.1, 0.15) is 5.78 Å². The van der Waals surface area contributed by atoms with E-state index < -0.39 is 0 Å². The monoisotopic (exact) mass is 201 g/mol. The molecule has 0 N–H and O–H groups in total. The van der Waals surface area contributed by atoms with Crippen LogP contribution < -0.4 is 0 Å². The van der Waals surface area contributed by atoms with Crippen molar-refractivity contribution in [2.75, 3.05) is 19.7 Å². The molecule has 0 radical (unpaired) electrons. The summed E-state index contributed by atoms with van der Waals surface area (Å²) < 4.78 is 4.79. The third kappa shape index (κ3) is 4.25. The van der Waals surface area contributed by atoms with E-state index in [1.54, 1.807) is 11.8 Å². The highest BCUT2D eigenvalue weighted by Gasteiger charge is 2.20. The lowest BCUT2D eigenvalue weighted by Gasteiger charge is -2.24. The molecule has 0 bridgehead atoms. The first kappa shape index (κ1) is 12.9. The van der Waals surface area contributed by atoms with Gasteiger partial charge in [0.2, 0.25) is 0 Å². The normalized spacial score (nSPS) is 15.6. The van der Waals surface area contributed by atoms with Gasteiger partial charge in [-0.05, 0) is 6.92 Å². The zero-order valence-corrected chi connectivity index (χ0v) is 9.21. The highest BCUT2D eigenvalue weighted by atomic mass is 16.6. The minimum atomic E-state index is -0.301. The first-order valence-electron chi connectivity index (χ1n) is 5.17. The number of likely N-dealkylation sites (tertiary alicyclic amines) is 1. The molecule has 4 heteroatoms. The third-order valence-corrected chi connectivity index (χ3v) is 1.85. The fourth-order valence-corrected chi connectivity index (χ4v) is 1.15. The fourth-order valence-electron chi connectivity index (χ4n) is 1.15. The minimum absolute atomic E-state index is 0.232. The van der Waals surface area contributed by atoms with E-state index >= 15 is 0 Å². The molecular weight excluding hydrogens is 182 g/mol. The van der Waals surface area contributed by atoms with Gasteiger partial charge in [-0.15, -0.1) is 0 Å². The van der Waals surface area contributed by atoms with Gasteiger partial charge in [-0.3, -0.25) is 4.79 Å². The molecule has 0 spiro atoms. The quantitative estimate of drug-likeness (QED) is 0.650. The molecule has 14 heavy (non-hydrogen) atoms. The van der Waals surface area contributed by atoms with E-state index in [0.29, 0.717) is 32.5 Å². The van der Waals surface area contributed by atoms with Crippen LogP contribution in [0.15, 0.2) is 0 Å². The zero-order chi connectivity index (χ0) is 11.0. The fraction of sp³-hybridized carbons (Fsp3) is 0.800. The number of ketones is 1. The van der Waals surface area contributed by atoms with Gasteiger partial charge in [0, 0.05) is 25.9 Å². The standard InChI is InChI=1S/C8H13NO3.C2H6/c1-2-12-8(11)9-5-3-7(10)4-6-9;1-2/h2-6H2,1H3;1-2H3. The molecule has 0 aromatic heterocycles. The SMILES string of the molecule is CC.CCOC(=O)N1CCC(=O)CC1. The summed E-state index contributed by atoms with van der Waals surface area (Å²) in [6.07, 6.45) is 0.641. The number of hydrogen-bond donors (Lipinski definition) is 0. The number of ether oxygens (including phenoxy) is 1. The van der Waals surface area contributed by atoms with Crippen molar-refractivity contribution < 1.29 is 14.3 Å². The van der Waals surface area contributed by atoms with Gasteiger partial charge < -0.3 is 9.64 Å². The predicted octanol–water partition coefficient (Wildman–Crippen LogP) is 1.83. The molecule has 1 heterocycles. The highest BCUT2D eigenvalue weighted by molar-refractivity contribution is 5.81. The van der Waals surface area contributed by atoms with E-state index in [9.17, 15) is 9.59 Å². The molecule has 0 aliphatic carbocycles. The summed E-state index contributed by atoms with van der Waals surface area (Å²) in [4.78, 5) is 23.5. The predicted molar refractivity (Wildman–Crippen MR) is 54.2 cm³/mol. The molecule has 0 atom stereocenters. The van der Waals surface area contributed by atoms with Crippen molar-refractivity contribution in [1.29, 1.82) is 0 Å². The first-order valence-corrected chi connectivity index (χ1v) is 5.17. The van der Waals surface area contributed by atoms with Crippen LogP contribution in [0.25, 0.3) is 0 Å². The molecule has 0 aromatic rings. The van der Waals surface area contributed by atoms with Crippen LogP contribution in [0.1, 0.15) is 33.6 Å². The molecule has 1 saturated heterocycles. The van der Waals surface area contributed by atoms with Crippen molar-refractivity contribution >= 4 is 11.9 Å². The zero-order valence-electron chi connectivity index (χ0n) is 9.21. The van der Waals surface area contributed by atoms with Crippen molar-refractivity contribution in [2.24, 2.45) is 0 Å². The van der Waals surface area contributed by atoms with Crippen LogP contribution in [-0.4, -0.2) is 36.5 Å². The molecular formula is C10H19NO3. The summed E-state index contributed by atoms with van der Waals surface area (Å²) in [7, 11) is 0. The molecule has 1 fully saturated rings. The molecule has 0 aromatic carbocycles. The lowest BCUT2D eigenvalue weighted by atomic mass is 10.1. The number of carbonyl (C=O) groups excluding carboxylic acids is 2. The summed E-state index contributed by atoms with van der Waals surface area (Å²) in [6.45, 7) is 7.19. The molecule has 4 nitrogen and oxygen atoms in total. The topological polar surface area (TPSA) is 46.6 Å². The molecule has 0 saturated carbocycles. The Bertz CT molecular complexity index is 182. The highest BCUT2D eigenvalue weighted by Crippen LogP contribution is 2.06. The maximum Gasteiger partial charge on any atom is 0.409 e.